The summed E-state index contributed by atoms with van der Waals surface area (Å²) in [7, 11) is 5.71. The Bertz CT molecular complexity index is 1060. The quantitative estimate of drug-likeness (QED) is 0.138. The molecular weight excluding hydrogens is 621 g/mol. The first-order chi connectivity index (χ1) is 19.2. The Hall–Kier alpha value is -1.16. The molecule has 3 aromatic carbocycles. The Morgan fingerprint density at radius 2 is 1.30 bits per heavy atom. The fourth-order valence-electron chi connectivity index (χ4n) is 6.64. The van der Waals surface area contributed by atoms with E-state index in [1.807, 2.05) is 7.11 Å². The van der Waals surface area contributed by atoms with Gasteiger partial charge in [-0.15, -0.1) is 0 Å². The van der Waals surface area contributed by atoms with Gasteiger partial charge in [-0.25, -0.2) is 0 Å². The first-order valence-corrected chi connectivity index (χ1v) is 18.6. The molecule has 0 bridgehead atoms. The van der Waals surface area contributed by atoms with Gasteiger partial charge in [-0.3, -0.25) is 0 Å². The summed E-state index contributed by atoms with van der Waals surface area (Å²) < 4.78 is 5.82. The van der Waals surface area contributed by atoms with Crippen molar-refractivity contribution >= 4 is 22.8 Å². The summed E-state index contributed by atoms with van der Waals surface area (Å²) in [5.74, 6) is 1.03. The number of hydrogen-bond donors (Lipinski definition) is 0. The summed E-state index contributed by atoms with van der Waals surface area (Å²) in [5.41, 5.74) is 7.48. The Morgan fingerprint density at radius 3 is 1.85 bits per heavy atom. The Balaban J connectivity index is 0.000000396. The number of rotatable bonds is 7. The number of hydrogen-bond acceptors (Lipinski definition) is 1. The fourth-order valence-corrected chi connectivity index (χ4v) is 11.1. The summed E-state index contributed by atoms with van der Waals surface area (Å²) in [6.45, 7) is 4.44. The second-order valence-corrected chi connectivity index (χ2v) is 14.1. The van der Waals surface area contributed by atoms with E-state index in [2.05, 4.69) is 114 Å². The standard InChI is InChI=1S/C26H35OP.C9H12.CH3.ClH.Pd/c1-20-12-11-18-24(27-2)26(20)23-17-9-10-19-25(23)28(21-13-5-3-6-14-21)22-15-7-4-8-16-22;1-2-6-9-7-4-3-5-8-9;;;/h9-12,17-19,21-22H,3-8,13-16H2,1-2H3;3-5,7-8H,2,6H2,1H3;1H3;1H;/q;;-1;;+2. The minimum absolute atomic E-state index is 0. The molecular formula is C36H51ClOPPd+. The molecule has 2 aliphatic rings. The van der Waals surface area contributed by atoms with Gasteiger partial charge in [-0.1, -0.05) is 86.8 Å². The predicted molar refractivity (Wildman–Crippen MR) is 178 cm³/mol. The molecule has 1 nitrogen and oxygen atoms in total. The second kappa shape index (κ2) is 19.9. The van der Waals surface area contributed by atoms with Crippen molar-refractivity contribution < 1.29 is 22.9 Å². The molecule has 0 amide bonds. The van der Waals surface area contributed by atoms with Crippen molar-refractivity contribution in [2.45, 2.75) is 102 Å². The molecule has 0 atom stereocenters. The first kappa shape index (κ1) is 35.0. The van der Waals surface area contributed by atoms with Crippen LogP contribution in [0.4, 0.5) is 0 Å². The third kappa shape index (κ3) is 9.99. The molecule has 0 saturated heterocycles. The van der Waals surface area contributed by atoms with Gasteiger partial charge < -0.3 is 12.2 Å². The van der Waals surface area contributed by atoms with Gasteiger partial charge in [0.05, 0.1) is 23.7 Å². The van der Waals surface area contributed by atoms with E-state index in [4.69, 9.17) is 4.74 Å². The van der Waals surface area contributed by atoms with E-state index in [-0.39, 0.29) is 7.43 Å². The third-order valence-electron chi connectivity index (χ3n) is 8.43. The van der Waals surface area contributed by atoms with Crippen molar-refractivity contribution in [1.82, 2.24) is 0 Å². The molecule has 222 valence electrons. The maximum absolute atomic E-state index is 5.82. The van der Waals surface area contributed by atoms with Crippen LogP contribution in [0, 0.1) is 14.4 Å². The number of halogens is 1. The van der Waals surface area contributed by atoms with Crippen molar-refractivity contribution in [2.24, 2.45) is 0 Å². The normalized spacial score (nSPS) is 15.7. The molecule has 2 saturated carbocycles. The zero-order valence-electron chi connectivity index (χ0n) is 25.2. The van der Waals surface area contributed by atoms with Crippen LogP contribution in [-0.4, -0.2) is 18.4 Å². The third-order valence-corrected chi connectivity index (χ3v) is 12.4. The van der Waals surface area contributed by atoms with Crippen LogP contribution in [0.3, 0.4) is 0 Å². The minimum atomic E-state index is -0.597. The molecule has 5 rings (SSSR count). The van der Waals surface area contributed by atoms with Crippen LogP contribution in [0.15, 0.2) is 72.8 Å². The Labute approximate surface area is 262 Å². The molecule has 0 unspecified atom stereocenters. The Kier molecular flexibility index (Phi) is 17.4. The van der Waals surface area contributed by atoms with Gasteiger partial charge in [0.2, 0.25) is 0 Å². The molecule has 0 aromatic heterocycles. The van der Waals surface area contributed by atoms with Crippen molar-refractivity contribution in [1.29, 1.82) is 0 Å². The van der Waals surface area contributed by atoms with E-state index in [0.717, 1.165) is 17.1 Å². The van der Waals surface area contributed by atoms with Crippen LogP contribution >= 0.6 is 17.5 Å². The van der Waals surface area contributed by atoms with Crippen molar-refractivity contribution in [3.63, 3.8) is 0 Å². The molecule has 40 heavy (non-hydrogen) atoms. The van der Waals surface area contributed by atoms with E-state index in [1.165, 1.54) is 99.3 Å². The second-order valence-electron chi connectivity index (χ2n) is 11.1. The van der Waals surface area contributed by atoms with Gasteiger partial charge in [-0.05, 0) is 88.0 Å². The van der Waals surface area contributed by atoms with Crippen LogP contribution in [0.25, 0.3) is 11.1 Å². The average Bonchev–Trinajstić information content (AvgIpc) is 3.01. The average molecular weight is 673 g/mol. The van der Waals surface area contributed by atoms with Gasteiger partial charge in [0.15, 0.2) is 0 Å². The molecule has 3 aromatic rings. The fraction of sp³-hybridized carbons (Fsp3) is 0.472. The van der Waals surface area contributed by atoms with Crippen LogP contribution in [0.5, 0.6) is 5.75 Å². The summed E-state index contributed by atoms with van der Waals surface area (Å²) in [6.07, 6.45) is 17.0. The molecule has 2 fully saturated rings. The number of aryl methyl sites for hydroxylation is 2. The van der Waals surface area contributed by atoms with E-state index < -0.39 is 7.92 Å². The maximum atomic E-state index is 5.82. The van der Waals surface area contributed by atoms with Gasteiger partial charge in [0, 0.05) is 19.0 Å². The van der Waals surface area contributed by atoms with Crippen molar-refractivity contribution in [3.8, 4) is 16.9 Å². The summed E-state index contributed by atoms with van der Waals surface area (Å²) >= 11 is 2.22. The van der Waals surface area contributed by atoms with Gasteiger partial charge >= 0.3 is 27.7 Å². The van der Waals surface area contributed by atoms with E-state index in [0.29, 0.717) is 0 Å². The number of methoxy groups -OCH3 is 1. The van der Waals surface area contributed by atoms with Crippen molar-refractivity contribution in [2.75, 3.05) is 7.11 Å². The van der Waals surface area contributed by atoms with Gasteiger partial charge in [0.25, 0.3) is 0 Å². The zero-order chi connectivity index (χ0) is 27.9. The molecule has 4 heteroatoms. The Morgan fingerprint density at radius 1 is 0.750 bits per heavy atom. The van der Waals surface area contributed by atoms with E-state index in [9.17, 15) is 0 Å². The molecule has 0 radical (unpaired) electrons. The zero-order valence-corrected chi connectivity index (χ0v) is 28.5. The summed E-state index contributed by atoms with van der Waals surface area (Å²) in [6, 6.07) is 26.4. The van der Waals surface area contributed by atoms with Gasteiger partial charge in [-0.2, -0.15) is 0 Å². The van der Waals surface area contributed by atoms with Gasteiger partial charge in [0.1, 0.15) is 5.75 Å². The monoisotopic (exact) mass is 671 g/mol. The van der Waals surface area contributed by atoms with Crippen molar-refractivity contribution in [3.05, 3.63) is 91.3 Å². The molecule has 0 aliphatic heterocycles. The van der Waals surface area contributed by atoms with Crippen LogP contribution in [0.2, 0.25) is 0 Å². The molecule has 0 spiro atoms. The number of ether oxygens (including phenoxy) is 1. The molecule has 0 heterocycles. The number of benzene rings is 3. The van der Waals surface area contributed by atoms with Crippen LogP contribution in [0.1, 0.15) is 88.7 Å². The predicted octanol–water partition coefficient (Wildman–Crippen LogP) is 11.0. The van der Waals surface area contributed by atoms with E-state index >= 15 is 0 Å². The van der Waals surface area contributed by atoms with Crippen LogP contribution < -0.4 is 10.0 Å². The summed E-state index contributed by atoms with van der Waals surface area (Å²) in [5, 5.41) is 1.69. The SMILES string of the molecule is CCCc1ccccc1.COc1cccc(C)c1-c1ccccc1[PH+](C1CCCCC1)C1CCCCC1.[CH3-].[Cl][Pd+]. The van der Waals surface area contributed by atoms with E-state index in [1.54, 1.807) is 5.30 Å². The molecule has 0 N–H and O–H groups in total. The van der Waals surface area contributed by atoms with Crippen LogP contribution in [-0.2, 0) is 24.6 Å². The first-order valence-electron chi connectivity index (χ1n) is 15.0. The topological polar surface area (TPSA) is 9.23 Å². The molecule has 2 aliphatic carbocycles. The summed E-state index contributed by atoms with van der Waals surface area (Å²) in [4.78, 5) is 0.